The van der Waals surface area contributed by atoms with Crippen molar-refractivity contribution in [1.29, 1.82) is 0 Å². The van der Waals surface area contributed by atoms with Crippen molar-refractivity contribution in [2.75, 3.05) is 45.0 Å². The molecular weight excluding hydrogens is 262 g/mol. The van der Waals surface area contributed by atoms with E-state index in [-0.39, 0.29) is 0 Å². The second-order valence-corrected chi connectivity index (χ2v) is 9.22. The van der Waals surface area contributed by atoms with Crippen LogP contribution >= 0.6 is 10.8 Å². The molecule has 0 aliphatic rings. The summed E-state index contributed by atoms with van der Waals surface area (Å²) in [5.74, 6) is 2.22. The fourth-order valence-corrected chi connectivity index (χ4v) is 3.44. The van der Waals surface area contributed by atoms with Gasteiger partial charge < -0.3 is 9.64 Å². The Hall–Kier alpha value is -0.320. The van der Waals surface area contributed by atoms with Crippen LogP contribution in [-0.2, 0) is 9.93 Å². The molecule has 102 valence electrons. The fraction of sp³-hybridized carbons (Fsp3) is 0.571. The van der Waals surface area contributed by atoms with Gasteiger partial charge in [-0.2, -0.15) is 0 Å². The summed E-state index contributed by atoms with van der Waals surface area (Å²) in [6.07, 6.45) is 5.82. The Kier molecular flexibility index (Phi) is 8.38. The highest BCUT2D eigenvalue weighted by molar-refractivity contribution is 8.73. The smallest absolute Gasteiger partial charge is 0.119 e. The number of ether oxygens (including phenoxy) is 1. The summed E-state index contributed by atoms with van der Waals surface area (Å²) in [5, 5.41) is 0. The van der Waals surface area contributed by atoms with Crippen molar-refractivity contribution < 1.29 is 4.74 Å². The van der Waals surface area contributed by atoms with E-state index in [2.05, 4.69) is 35.3 Å². The summed E-state index contributed by atoms with van der Waals surface area (Å²) in [4.78, 5) is 2.34. The van der Waals surface area contributed by atoms with Gasteiger partial charge in [0, 0.05) is 12.3 Å². The van der Waals surface area contributed by atoms with Crippen LogP contribution in [0.25, 0.3) is 0 Å². The molecule has 0 radical (unpaired) electrons. The minimum absolute atomic E-state index is 0.513. The van der Waals surface area contributed by atoms with E-state index in [1.165, 1.54) is 12.2 Å². The molecule has 2 nitrogen and oxygen atoms in total. The molecule has 1 rings (SSSR count). The van der Waals surface area contributed by atoms with Crippen molar-refractivity contribution in [3.05, 3.63) is 30.3 Å². The Balaban J connectivity index is 2.01. The molecule has 0 spiro atoms. The summed E-state index contributed by atoms with van der Waals surface area (Å²) in [6, 6.07) is 10.0. The van der Waals surface area contributed by atoms with Crippen LogP contribution in [0, 0.1) is 0 Å². The van der Waals surface area contributed by atoms with E-state index < -0.39 is 0 Å². The van der Waals surface area contributed by atoms with E-state index >= 15 is 0 Å². The molecule has 0 atom stereocenters. The van der Waals surface area contributed by atoms with Crippen LogP contribution in [0.15, 0.2) is 30.3 Å². The minimum Gasteiger partial charge on any atom is -0.492 e. The summed E-state index contributed by atoms with van der Waals surface area (Å²) >= 11 is 0. The van der Waals surface area contributed by atoms with Crippen LogP contribution in [0.5, 0.6) is 5.75 Å². The summed E-state index contributed by atoms with van der Waals surface area (Å²) < 4.78 is 5.68. The summed E-state index contributed by atoms with van der Waals surface area (Å²) in [7, 11) is 4.74. The number of para-hydroxylation sites is 1. The topological polar surface area (TPSA) is 12.5 Å². The van der Waals surface area contributed by atoms with E-state index in [0.29, 0.717) is 9.93 Å². The standard InChI is InChI=1S/C14H24NOS2/c1-15(10-7-13-17-18(2)3)11-12-16-14-8-5-4-6-9-14/h4-6,8-9H,7,10-13H2,1-3H3/q+1. The SMILES string of the molecule is CN(CCCS[S+](C)C)CCOc1ccccc1. The van der Waals surface area contributed by atoms with Gasteiger partial charge in [0.2, 0.25) is 0 Å². The van der Waals surface area contributed by atoms with Crippen LogP contribution in [-0.4, -0.2) is 49.9 Å². The molecule has 0 N–H and O–H groups in total. The first-order valence-corrected chi connectivity index (χ1v) is 9.80. The average Bonchev–Trinajstić information content (AvgIpc) is 2.36. The van der Waals surface area contributed by atoms with E-state index in [9.17, 15) is 0 Å². The third kappa shape index (κ3) is 7.90. The molecule has 0 aliphatic heterocycles. The third-order valence-corrected chi connectivity index (χ3v) is 5.33. The molecule has 0 unspecified atom stereocenters. The maximum absolute atomic E-state index is 5.68. The molecule has 18 heavy (non-hydrogen) atoms. The Labute approximate surface area is 118 Å². The number of nitrogens with zero attached hydrogens (tertiary/aromatic N) is 1. The predicted octanol–water partition coefficient (Wildman–Crippen LogP) is 2.91. The van der Waals surface area contributed by atoms with Crippen molar-refractivity contribution in [3.63, 3.8) is 0 Å². The molecule has 0 amide bonds. The van der Waals surface area contributed by atoms with Crippen LogP contribution < -0.4 is 4.74 Å². The van der Waals surface area contributed by atoms with E-state index in [1.807, 2.05) is 30.3 Å². The largest absolute Gasteiger partial charge is 0.492 e. The lowest BCUT2D eigenvalue weighted by atomic mass is 10.3. The lowest BCUT2D eigenvalue weighted by molar-refractivity contribution is 0.238. The number of likely N-dealkylation sites (N-methyl/N-ethyl adjacent to an activating group) is 1. The van der Waals surface area contributed by atoms with Crippen LogP contribution in [0.3, 0.4) is 0 Å². The molecule has 0 aromatic heterocycles. The van der Waals surface area contributed by atoms with Crippen molar-refractivity contribution in [1.82, 2.24) is 4.90 Å². The van der Waals surface area contributed by atoms with Crippen LogP contribution in [0.4, 0.5) is 0 Å². The van der Waals surface area contributed by atoms with E-state index in [1.54, 1.807) is 0 Å². The van der Waals surface area contributed by atoms with Crippen molar-refractivity contribution in [2.24, 2.45) is 0 Å². The second kappa shape index (κ2) is 9.59. The molecule has 4 heteroatoms. The van der Waals surface area contributed by atoms with Crippen LogP contribution in [0.2, 0.25) is 0 Å². The highest BCUT2D eigenvalue weighted by Crippen LogP contribution is 2.11. The molecular formula is C14H24NOS2+. The van der Waals surface area contributed by atoms with Gasteiger partial charge in [-0.25, -0.2) is 0 Å². The first-order chi connectivity index (χ1) is 8.68. The van der Waals surface area contributed by atoms with Gasteiger partial charge in [-0.05, 0) is 32.1 Å². The molecule has 0 bridgehead atoms. The predicted molar refractivity (Wildman–Crippen MR) is 85.7 cm³/mol. The maximum Gasteiger partial charge on any atom is 0.119 e. The maximum atomic E-state index is 5.68. The second-order valence-electron chi connectivity index (χ2n) is 4.38. The number of hydrogen-bond donors (Lipinski definition) is 0. The van der Waals surface area contributed by atoms with Gasteiger partial charge >= 0.3 is 0 Å². The van der Waals surface area contributed by atoms with Crippen molar-refractivity contribution in [3.8, 4) is 5.75 Å². The molecule has 1 aromatic carbocycles. The van der Waals surface area contributed by atoms with Gasteiger partial charge in [0.25, 0.3) is 0 Å². The van der Waals surface area contributed by atoms with Crippen molar-refractivity contribution >= 4 is 20.7 Å². The Morgan fingerprint density at radius 3 is 2.56 bits per heavy atom. The normalized spacial score (nSPS) is 11.2. The van der Waals surface area contributed by atoms with Gasteiger partial charge in [0.05, 0.1) is 20.7 Å². The van der Waals surface area contributed by atoms with Gasteiger partial charge in [0.1, 0.15) is 24.9 Å². The molecule has 0 heterocycles. The monoisotopic (exact) mass is 286 g/mol. The quantitative estimate of drug-likeness (QED) is 0.393. The van der Waals surface area contributed by atoms with Gasteiger partial charge in [-0.1, -0.05) is 18.2 Å². The Bertz CT molecular complexity index is 306. The molecule has 0 fully saturated rings. The highest BCUT2D eigenvalue weighted by atomic mass is 33.1. The van der Waals surface area contributed by atoms with Gasteiger partial charge in [-0.15, -0.1) is 0 Å². The molecule has 0 saturated carbocycles. The summed E-state index contributed by atoms with van der Waals surface area (Å²) in [6.45, 7) is 2.91. The van der Waals surface area contributed by atoms with Crippen molar-refractivity contribution in [2.45, 2.75) is 6.42 Å². The zero-order valence-electron chi connectivity index (χ0n) is 11.6. The zero-order valence-corrected chi connectivity index (χ0v) is 13.2. The minimum atomic E-state index is 0.513. The van der Waals surface area contributed by atoms with E-state index in [0.717, 1.165) is 25.4 Å². The average molecular weight is 286 g/mol. The lowest BCUT2D eigenvalue weighted by Crippen LogP contribution is -2.25. The van der Waals surface area contributed by atoms with Gasteiger partial charge in [0.15, 0.2) is 0 Å². The number of rotatable bonds is 9. The molecule has 0 saturated heterocycles. The fourth-order valence-electron chi connectivity index (χ4n) is 1.51. The first kappa shape index (κ1) is 15.7. The Morgan fingerprint density at radius 1 is 1.17 bits per heavy atom. The molecule has 1 aromatic rings. The molecule has 0 aliphatic carbocycles. The lowest BCUT2D eigenvalue weighted by Gasteiger charge is -2.16. The third-order valence-electron chi connectivity index (χ3n) is 2.49. The summed E-state index contributed by atoms with van der Waals surface area (Å²) in [5.41, 5.74) is 0. The number of hydrogen-bond acceptors (Lipinski definition) is 3. The van der Waals surface area contributed by atoms with E-state index in [4.69, 9.17) is 4.74 Å². The van der Waals surface area contributed by atoms with Crippen LogP contribution in [0.1, 0.15) is 6.42 Å². The first-order valence-electron chi connectivity index (χ1n) is 6.25. The van der Waals surface area contributed by atoms with Gasteiger partial charge in [-0.3, -0.25) is 0 Å². The Morgan fingerprint density at radius 2 is 1.89 bits per heavy atom. The zero-order chi connectivity index (χ0) is 13.2. The highest BCUT2D eigenvalue weighted by Gasteiger charge is 2.05. The number of benzene rings is 1.